The van der Waals surface area contributed by atoms with Crippen LogP contribution in [0, 0.1) is 17.8 Å². The lowest BCUT2D eigenvalue weighted by atomic mass is 10.1. The van der Waals surface area contributed by atoms with Crippen LogP contribution in [0.1, 0.15) is 29.8 Å². The Morgan fingerprint density at radius 1 is 1.33 bits per heavy atom. The highest BCUT2D eigenvalue weighted by Gasteiger charge is 2.16. The third-order valence-electron chi connectivity index (χ3n) is 2.88. The molecule has 1 rings (SSSR count). The normalized spacial score (nSPS) is 10.1. The van der Waals surface area contributed by atoms with Crippen LogP contribution in [0.5, 0.6) is 0 Å². The van der Waals surface area contributed by atoms with Gasteiger partial charge in [0.2, 0.25) is 0 Å². The second kappa shape index (κ2) is 9.17. The third-order valence-corrected chi connectivity index (χ3v) is 2.88. The van der Waals surface area contributed by atoms with Gasteiger partial charge in [0.05, 0.1) is 6.61 Å². The van der Waals surface area contributed by atoms with Gasteiger partial charge in [-0.3, -0.25) is 4.79 Å². The van der Waals surface area contributed by atoms with Gasteiger partial charge in [-0.1, -0.05) is 25.7 Å². The van der Waals surface area contributed by atoms with Gasteiger partial charge in [-0.2, -0.15) is 0 Å². The van der Waals surface area contributed by atoms with Gasteiger partial charge < -0.3 is 14.7 Å². The van der Waals surface area contributed by atoms with E-state index in [0.29, 0.717) is 31.2 Å². The summed E-state index contributed by atoms with van der Waals surface area (Å²) in [5.41, 5.74) is 1.43. The highest BCUT2D eigenvalue weighted by atomic mass is 16.5. The van der Waals surface area contributed by atoms with Crippen molar-refractivity contribution in [3.63, 3.8) is 0 Å². The lowest BCUT2D eigenvalue weighted by Crippen LogP contribution is -2.36. The summed E-state index contributed by atoms with van der Waals surface area (Å²) < 4.78 is 5.07. The molecular formula is C17H23NO3. The number of hydrogen-bond acceptors (Lipinski definition) is 3. The molecule has 0 fully saturated rings. The Morgan fingerprint density at radius 2 is 2.00 bits per heavy atom. The van der Waals surface area contributed by atoms with Crippen LogP contribution in [0.4, 0.5) is 0 Å². The van der Waals surface area contributed by atoms with Crippen LogP contribution in [0.2, 0.25) is 0 Å². The molecule has 0 aliphatic carbocycles. The van der Waals surface area contributed by atoms with Gasteiger partial charge in [-0.25, -0.2) is 0 Å². The number of nitrogens with zero attached hydrogens (tertiary/aromatic N) is 1. The summed E-state index contributed by atoms with van der Waals surface area (Å²) in [7, 11) is 1.63. The second-order valence-electron chi connectivity index (χ2n) is 5.18. The zero-order valence-corrected chi connectivity index (χ0v) is 12.9. The quantitative estimate of drug-likeness (QED) is 0.812. The molecule has 1 aromatic rings. The van der Waals surface area contributed by atoms with E-state index in [1.807, 2.05) is 4.90 Å². The summed E-state index contributed by atoms with van der Waals surface area (Å²) >= 11 is 0. The van der Waals surface area contributed by atoms with E-state index in [9.17, 15) is 4.79 Å². The summed E-state index contributed by atoms with van der Waals surface area (Å²) in [5, 5.41) is 8.66. The first-order valence-corrected chi connectivity index (χ1v) is 7.06. The lowest BCUT2D eigenvalue weighted by Gasteiger charge is -2.24. The zero-order chi connectivity index (χ0) is 15.7. The van der Waals surface area contributed by atoms with Gasteiger partial charge in [-0.05, 0) is 30.2 Å². The molecule has 21 heavy (non-hydrogen) atoms. The Balaban J connectivity index is 2.82. The molecule has 4 heteroatoms. The van der Waals surface area contributed by atoms with E-state index in [1.165, 1.54) is 0 Å². The van der Waals surface area contributed by atoms with E-state index in [4.69, 9.17) is 9.84 Å². The molecule has 0 aliphatic heterocycles. The molecule has 0 spiro atoms. The molecule has 0 atom stereocenters. The first kappa shape index (κ1) is 17.2. The number of benzene rings is 1. The first-order chi connectivity index (χ1) is 10.1. The first-order valence-electron chi connectivity index (χ1n) is 7.06. The van der Waals surface area contributed by atoms with Crippen molar-refractivity contribution in [2.24, 2.45) is 5.92 Å². The largest absolute Gasteiger partial charge is 0.384 e. The molecule has 0 heterocycles. The molecule has 0 unspecified atom stereocenters. The Morgan fingerprint density at radius 3 is 2.52 bits per heavy atom. The second-order valence-corrected chi connectivity index (χ2v) is 5.18. The number of hydrogen-bond donors (Lipinski definition) is 1. The average Bonchev–Trinajstić information content (AvgIpc) is 2.49. The van der Waals surface area contributed by atoms with Crippen molar-refractivity contribution in [1.29, 1.82) is 0 Å². The summed E-state index contributed by atoms with van der Waals surface area (Å²) in [6.07, 6.45) is 0. The molecule has 0 bridgehead atoms. The van der Waals surface area contributed by atoms with Crippen LogP contribution in [0.15, 0.2) is 24.3 Å². The molecule has 0 saturated carbocycles. The number of rotatable bonds is 6. The zero-order valence-electron chi connectivity index (χ0n) is 12.9. The van der Waals surface area contributed by atoms with Crippen molar-refractivity contribution in [1.82, 2.24) is 4.90 Å². The number of methoxy groups -OCH3 is 1. The monoisotopic (exact) mass is 289 g/mol. The standard InChI is InChI=1S/C17H23NO3/c1-14(2)13-18(10-12-21-3)17(20)16-8-6-15(7-9-16)5-4-11-19/h6-9,14,19H,10-13H2,1-3H3. The van der Waals surface area contributed by atoms with Crippen LogP contribution in [0.3, 0.4) is 0 Å². The van der Waals surface area contributed by atoms with Crippen LogP contribution >= 0.6 is 0 Å². The Kier molecular flexibility index (Phi) is 7.52. The van der Waals surface area contributed by atoms with Crippen molar-refractivity contribution >= 4 is 5.91 Å². The van der Waals surface area contributed by atoms with E-state index < -0.39 is 0 Å². The number of carbonyl (C=O) groups excluding carboxylic acids is 1. The minimum absolute atomic E-state index is 0.00224. The average molecular weight is 289 g/mol. The Labute approximate surface area is 126 Å². The van der Waals surface area contributed by atoms with E-state index in [-0.39, 0.29) is 12.5 Å². The van der Waals surface area contributed by atoms with Crippen molar-refractivity contribution < 1.29 is 14.6 Å². The van der Waals surface area contributed by atoms with Gasteiger partial charge in [-0.15, -0.1) is 0 Å². The fourth-order valence-corrected chi connectivity index (χ4v) is 1.94. The number of ether oxygens (including phenoxy) is 1. The van der Waals surface area contributed by atoms with Gasteiger partial charge in [0.1, 0.15) is 6.61 Å². The molecular weight excluding hydrogens is 266 g/mol. The van der Waals surface area contributed by atoms with E-state index >= 15 is 0 Å². The fraction of sp³-hybridized carbons (Fsp3) is 0.471. The fourth-order valence-electron chi connectivity index (χ4n) is 1.94. The molecule has 1 N–H and O–H groups in total. The van der Waals surface area contributed by atoms with E-state index in [0.717, 1.165) is 5.56 Å². The highest BCUT2D eigenvalue weighted by molar-refractivity contribution is 5.94. The maximum absolute atomic E-state index is 12.5. The Bertz CT molecular complexity index is 497. The number of aliphatic hydroxyl groups excluding tert-OH is 1. The maximum Gasteiger partial charge on any atom is 0.253 e. The van der Waals surface area contributed by atoms with Crippen molar-refractivity contribution in [3.8, 4) is 11.8 Å². The molecule has 4 nitrogen and oxygen atoms in total. The molecule has 1 amide bonds. The summed E-state index contributed by atoms with van der Waals surface area (Å²) in [6, 6.07) is 7.12. The minimum atomic E-state index is -0.167. The van der Waals surface area contributed by atoms with Gasteiger partial charge in [0.15, 0.2) is 0 Å². The smallest absolute Gasteiger partial charge is 0.253 e. The minimum Gasteiger partial charge on any atom is -0.384 e. The highest BCUT2D eigenvalue weighted by Crippen LogP contribution is 2.09. The molecule has 114 valence electrons. The topological polar surface area (TPSA) is 49.8 Å². The number of aliphatic hydroxyl groups is 1. The predicted molar refractivity (Wildman–Crippen MR) is 83.0 cm³/mol. The van der Waals surface area contributed by atoms with Gasteiger partial charge >= 0.3 is 0 Å². The van der Waals surface area contributed by atoms with Crippen LogP contribution < -0.4 is 0 Å². The maximum atomic E-state index is 12.5. The van der Waals surface area contributed by atoms with E-state index in [1.54, 1.807) is 31.4 Å². The Hall–Kier alpha value is -1.83. The van der Waals surface area contributed by atoms with E-state index in [2.05, 4.69) is 25.7 Å². The predicted octanol–water partition coefficient (Wildman–Crippen LogP) is 1.78. The van der Waals surface area contributed by atoms with Crippen LogP contribution in [-0.4, -0.2) is 49.3 Å². The molecule has 1 aromatic carbocycles. The SMILES string of the molecule is COCCN(CC(C)C)C(=O)c1ccc(C#CCO)cc1. The van der Waals surface area contributed by atoms with Crippen LogP contribution in [-0.2, 0) is 4.74 Å². The third kappa shape index (κ3) is 5.99. The molecule has 0 aliphatic rings. The van der Waals surface area contributed by atoms with Crippen molar-refractivity contribution in [3.05, 3.63) is 35.4 Å². The van der Waals surface area contributed by atoms with Gasteiger partial charge in [0, 0.05) is 31.3 Å². The molecule has 0 radical (unpaired) electrons. The summed E-state index contributed by atoms with van der Waals surface area (Å²) in [6.45, 7) is 5.81. The number of amides is 1. The molecule has 0 saturated heterocycles. The van der Waals surface area contributed by atoms with Crippen molar-refractivity contribution in [2.75, 3.05) is 33.4 Å². The summed E-state index contributed by atoms with van der Waals surface area (Å²) in [5.74, 6) is 5.80. The summed E-state index contributed by atoms with van der Waals surface area (Å²) in [4.78, 5) is 14.3. The molecule has 0 aromatic heterocycles. The van der Waals surface area contributed by atoms with Crippen LogP contribution in [0.25, 0.3) is 0 Å². The van der Waals surface area contributed by atoms with Gasteiger partial charge in [0.25, 0.3) is 5.91 Å². The van der Waals surface area contributed by atoms with Crippen molar-refractivity contribution in [2.45, 2.75) is 13.8 Å². The number of carbonyl (C=O) groups is 1. The lowest BCUT2D eigenvalue weighted by molar-refractivity contribution is 0.0672.